The van der Waals surface area contributed by atoms with Gasteiger partial charge in [0.15, 0.2) is 0 Å². The minimum absolute atomic E-state index is 0.124. The van der Waals surface area contributed by atoms with Crippen LogP contribution in [0.25, 0.3) is 33.4 Å². The van der Waals surface area contributed by atoms with Crippen LogP contribution in [-0.2, 0) is 10.0 Å². The Morgan fingerprint density at radius 2 is 0.726 bits per heavy atom. The summed E-state index contributed by atoms with van der Waals surface area (Å²) in [5.74, 6) is 1.12. The molecule has 3 aliphatic heterocycles. The fourth-order valence-electron chi connectivity index (χ4n) is 15.6. The predicted octanol–water partition coefficient (Wildman–Crippen LogP) is 17.2. The molecule has 14 rings (SSSR count). The molecule has 2 aliphatic carbocycles. The summed E-state index contributed by atoms with van der Waals surface area (Å²) in [6.07, 6.45) is 13.4. The van der Waals surface area contributed by atoms with E-state index in [9.17, 15) is 34.0 Å². The number of aromatic hydroxyl groups is 2. The standard InChI is InChI=1S/C32H38N2O3S.C30H34N2O2.C30H36N2O2/c1-38(36,37)33-29-15-13-28(14-16-29)32(31(8-5-23-35)26-6-3-2-4-7-26)27-11-9-24(10-12-27)25-19-21-34(22-20-25)30-17-18-30;33-21-5-10-29(23-6-2-1-3-7-23)30(25-8-4-9-28(34)22-25)24-11-13-26(14-12-24)31-17-19-32(20-18-31)27-15-16-27;1-23(2)31-17-19-32(20-18-31)27-15-13-25(14-16-27)30(26-10-6-11-28(34)22-26)29(12-7-21-33)24-8-4-3-5-9-24/h2-4,6-7,9-16,25,30,33,35H,5,8,17-23H2,1H3;1-4,6-9,11-14,22,27,33-34H,5,10,15-21H2;3-6,8-11,13-16,22-23,33-34H,7,12,17-21H2,1-2H3/b32-31+;2*30-29+. The highest BCUT2D eigenvalue weighted by Crippen LogP contribution is 2.42. The molecule has 0 amide bonds. The summed E-state index contributed by atoms with van der Waals surface area (Å²) >= 11 is 0. The smallest absolute Gasteiger partial charge is 0.229 e. The molecule has 0 atom stereocenters. The Balaban J connectivity index is 0.000000149. The Kier molecular flexibility index (Phi) is 27.0. The first-order valence-electron chi connectivity index (χ1n) is 38.6. The summed E-state index contributed by atoms with van der Waals surface area (Å²) in [6.45, 7) is 16.1. The molecule has 106 heavy (non-hydrogen) atoms. The van der Waals surface area contributed by atoms with Crippen LogP contribution in [0.15, 0.2) is 237 Å². The second-order valence-electron chi connectivity index (χ2n) is 29.3. The van der Waals surface area contributed by atoms with Crippen molar-refractivity contribution in [2.75, 3.05) is 106 Å². The van der Waals surface area contributed by atoms with Crippen LogP contribution in [0, 0.1) is 0 Å². The summed E-state index contributed by atoms with van der Waals surface area (Å²) in [5, 5.41) is 49.3. The average molecular weight is 1440 g/mol. The molecule has 9 aromatic rings. The third kappa shape index (κ3) is 20.9. The van der Waals surface area contributed by atoms with E-state index in [1.165, 1.54) is 85.3 Å². The monoisotopic (exact) mass is 1440 g/mol. The van der Waals surface area contributed by atoms with Gasteiger partial charge in [-0.2, -0.15) is 0 Å². The molecule has 3 saturated heterocycles. The fourth-order valence-corrected chi connectivity index (χ4v) is 16.2. The molecule has 2 saturated carbocycles. The van der Waals surface area contributed by atoms with Crippen molar-refractivity contribution in [3.05, 3.63) is 292 Å². The first-order chi connectivity index (χ1) is 51.7. The van der Waals surface area contributed by atoms with Gasteiger partial charge in [0.25, 0.3) is 0 Å². The number of rotatable bonds is 26. The molecular weight excluding hydrogens is 1330 g/mol. The average Bonchev–Trinajstić information content (AvgIpc) is 1.49. The number of hydrogen-bond donors (Lipinski definition) is 6. The van der Waals surface area contributed by atoms with Crippen molar-refractivity contribution in [1.29, 1.82) is 0 Å². The van der Waals surface area contributed by atoms with Crippen LogP contribution >= 0.6 is 0 Å². The molecule has 14 heteroatoms. The largest absolute Gasteiger partial charge is 0.508 e. The van der Waals surface area contributed by atoms with Gasteiger partial charge in [-0.1, -0.05) is 176 Å². The maximum absolute atomic E-state index is 11.7. The van der Waals surface area contributed by atoms with Crippen LogP contribution in [0.1, 0.15) is 152 Å². The van der Waals surface area contributed by atoms with Crippen LogP contribution in [0.4, 0.5) is 17.1 Å². The minimum atomic E-state index is -3.35. The molecule has 3 heterocycles. The zero-order valence-electron chi connectivity index (χ0n) is 62.2. The molecule has 5 fully saturated rings. The summed E-state index contributed by atoms with van der Waals surface area (Å²) in [5.41, 5.74) is 21.1. The Hall–Kier alpha value is -9.09. The van der Waals surface area contributed by atoms with Crippen LogP contribution in [0.5, 0.6) is 11.5 Å². The number of piperazine rings is 2. The lowest BCUT2D eigenvalue weighted by atomic mass is 9.85. The molecule has 0 spiro atoms. The molecule has 554 valence electrons. The molecule has 0 radical (unpaired) electrons. The van der Waals surface area contributed by atoms with Gasteiger partial charge in [-0.15, -0.1) is 0 Å². The van der Waals surface area contributed by atoms with Gasteiger partial charge in [-0.3, -0.25) is 14.5 Å². The molecule has 9 aromatic carbocycles. The lowest BCUT2D eigenvalue weighted by Gasteiger charge is -2.38. The molecule has 0 bridgehead atoms. The third-order valence-corrected chi connectivity index (χ3v) is 22.1. The van der Waals surface area contributed by atoms with Gasteiger partial charge in [0, 0.05) is 107 Å². The Morgan fingerprint density at radius 3 is 1.08 bits per heavy atom. The second kappa shape index (κ2) is 37.4. The highest BCUT2D eigenvalue weighted by Gasteiger charge is 2.33. The summed E-state index contributed by atoms with van der Waals surface area (Å²) in [4.78, 5) is 12.8. The summed E-state index contributed by atoms with van der Waals surface area (Å²) < 4.78 is 26.0. The molecule has 6 N–H and O–H groups in total. The number of sulfonamides is 1. The normalized spacial score (nSPS) is 16.9. The number of phenols is 2. The van der Waals surface area contributed by atoms with E-state index < -0.39 is 10.0 Å². The van der Waals surface area contributed by atoms with Crippen LogP contribution in [-0.4, -0.2) is 158 Å². The number of aliphatic hydroxyl groups is 3. The highest BCUT2D eigenvalue weighted by atomic mass is 32.2. The van der Waals surface area contributed by atoms with E-state index in [0.29, 0.717) is 36.9 Å². The maximum Gasteiger partial charge on any atom is 0.229 e. The van der Waals surface area contributed by atoms with Crippen molar-refractivity contribution in [3.8, 4) is 11.5 Å². The number of allylic oxidation sites excluding steroid dienone is 3. The number of likely N-dealkylation sites (tertiary alicyclic amines) is 1. The number of nitrogens with zero attached hydrogens (tertiary/aromatic N) is 5. The number of piperidine rings is 1. The highest BCUT2D eigenvalue weighted by molar-refractivity contribution is 7.92. The zero-order valence-corrected chi connectivity index (χ0v) is 63.0. The Labute approximate surface area is 630 Å². The molecule has 5 aliphatic rings. The second-order valence-corrected chi connectivity index (χ2v) is 31.1. The maximum atomic E-state index is 11.7. The fraction of sp³-hybridized carbons (Fsp3) is 0.348. The zero-order chi connectivity index (χ0) is 73.8. The van der Waals surface area contributed by atoms with E-state index in [0.717, 1.165) is 157 Å². The van der Waals surface area contributed by atoms with E-state index in [1.54, 1.807) is 12.1 Å². The number of aliphatic hydroxyl groups excluding tert-OH is 3. The number of phenolic OH excluding ortho intramolecular Hbond substituents is 2. The van der Waals surface area contributed by atoms with Crippen molar-refractivity contribution < 1.29 is 34.0 Å². The van der Waals surface area contributed by atoms with Gasteiger partial charge >= 0.3 is 0 Å². The predicted molar refractivity (Wildman–Crippen MR) is 439 cm³/mol. The lowest BCUT2D eigenvalue weighted by Crippen LogP contribution is -2.48. The Bertz CT molecular complexity index is 4270. The van der Waals surface area contributed by atoms with Crippen LogP contribution in [0.3, 0.4) is 0 Å². The van der Waals surface area contributed by atoms with Gasteiger partial charge in [0.2, 0.25) is 10.0 Å². The van der Waals surface area contributed by atoms with E-state index in [1.807, 2.05) is 91.0 Å². The number of benzene rings is 9. The number of hydrogen-bond acceptors (Lipinski definition) is 12. The first-order valence-corrected chi connectivity index (χ1v) is 40.5. The van der Waals surface area contributed by atoms with E-state index >= 15 is 0 Å². The van der Waals surface area contributed by atoms with E-state index in [-0.39, 0.29) is 31.3 Å². The van der Waals surface area contributed by atoms with Crippen molar-refractivity contribution in [2.24, 2.45) is 0 Å². The van der Waals surface area contributed by atoms with Crippen LogP contribution < -0.4 is 14.5 Å². The number of anilines is 3. The molecular formula is C92H108N6O7S. The third-order valence-electron chi connectivity index (χ3n) is 21.5. The topological polar surface area (TPSA) is 164 Å². The Morgan fingerprint density at radius 1 is 0.387 bits per heavy atom. The van der Waals surface area contributed by atoms with Crippen molar-refractivity contribution in [2.45, 2.75) is 115 Å². The van der Waals surface area contributed by atoms with Gasteiger partial charge in [0.05, 0.1) is 6.26 Å². The van der Waals surface area contributed by atoms with Crippen LogP contribution in [0.2, 0.25) is 0 Å². The van der Waals surface area contributed by atoms with E-state index in [4.69, 9.17) is 0 Å². The van der Waals surface area contributed by atoms with Crippen molar-refractivity contribution in [3.63, 3.8) is 0 Å². The lowest BCUT2D eigenvalue weighted by molar-refractivity contribution is 0.203. The quantitative estimate of drug-likeness (QED) is 0.0285. The van der Waals surface area contributed by atoms with Gasteiger partial charge in [-0.05, 0) is 260 Å². The van der Waals surface area contributed by atoms with E-state index in [2.05, 4.69) is 177 Å². The molecule has 13 nitrogen and oxygen atoms in total. The van der Waals surface area contributed by atoms with Gasteiger partial charge in [-0.25, -0.2) is 8.42 Å². The van der Waals surface area contributed by atoms with Gasteiger partial charge < -0.3 is 40.2 Å². The SMILES string of the molecule is CC(C)N1CCN(c2ccc(/C(=C(/CCCO)c3ccccc3)c3cccc(O)c3)cc2)CC1.CS(=O)(=O)Nc1ccc(/C(=C(\CCCO)c2ccccc2)c2ccc(C3CCN(C4CC4)CC3)cc2)cc1.OCCC/C(=C(/c1ccc(N2CCN(C3CC3)CC2)cc1)c1cccc(O)c1)c1ccccc1. The minimum Gasteiger partial charge on any atom is -0.508 e. The summed E-state index contributed by atoms with van der Waals surface area (Å²) in [6, 6.07) is 82.7. The summed E-state index contributed by atoms with van der Waals surface area (Å²) in [7, 11) is -3.35. The molecule has 0 unspecified atom stereocenters. The van der Waals surface area contributed by atoms with Crippen molar-refractivity contribution in [1.82, 2.24) is 14.7 Å². The number of nitrogens with one attached hydrogen (secondary N) is 1. The van der Waals surface area contributed by atoms with Crippen molar-refractivity contribution >= 4 is 60.5 Å². The first kappa shape index (κ1) is 76.6. The molecule has 0 aromatic heterocycles. The van der Waals surface area contributed by atoms with Gasteiger partial charge in [0.1, 0.15) is 11.5 Å².